The van der Waals surface area contributed by atoms with Crippen LogP contribution >= 0.6 is 0 Å². The van der Waals surface area contributed by atoms with E-state index in [1.165, 1.54) is 0 Å². The molecule has 0 heterocycles. The number of hydrogen-bond donors (Lipinski definition) is 2. The van der Waals surface area contributed by atoms with Gasteiger partial charge in [0.15, 0.2) is 0 Å². The van der Waals surface area contributed by atoms with E-state index in [0.29, 0.717) is 19.6 Å². The minimum atomic E-state index is -0.610. The molecule has 0 saturated carbocycles. The van der Waals surface area contributed by atoms with Crippen molar-refractivity contribution in [3.63, 3.8) is 0 Å². The number of carbonyl (C=O) groups is 1. The minimum Gasteiger partial charge on any atom is -0.377 e. The fraction of sp³-hybridized carbons (Fsp3) is 0.364. The van der Waals surface area contributed by atoms with Crippen molar-refractivity contribution in [2.45, 2.75) is 19.1 Å². The molecule has 15 heavy (non-hydrogen) atoms. The Labute approximate surface area is 89.2 Å². The molecule has 1 atom stereocenters. The Morgan fingerprint density at radius 2 is 2.00 bits per heavy atom. The van der Waals surface area contributed by atoms with E-state index in [0.717, 1.165) is 5.56 Å². The largest absolute Gasteiger partial charge is 0.377 e. The topological polar surface area (TPSA) is 78.3 Å². The van der Waals surface area contributed by atoms with Crippen LogP contribution in [0.5, 0.6) is 0 Å². The molecule has 1 rings (SSSR count). The number of nitrogens with two attached hydrogens (primary N) is 2. The van der Waals surface area contributed by atoms with Crippen LogP contribution in [0.1, 0.15) is 12.0 Å². The number of carbonyl (C=O) groups excluding carboxylic acids is 1. The van der Waals surface area contributed by atoms with E-state index < -0.39 is 11.9 Å². The van der Waals surface area contributed by atoms with Gasteiger partial charge in [0.05, 0.1) is 12.6 Å². The maximum absolute atomic E-state index is 10.6. The summed E-state index contributed by atoms with van der Waals surface area (Å²) in [5.74, 6) is -0.488. The van der Waals surface area contributed by atoms with Crippen LogP contribution in [0, 0.1) is 0 Å². The van der Waals surface area contributed by atoms with Gasteiger partial charge in [-0.2, -0.15) is 0 Å². The molecule has 82 valence electrons. The maximum atomic E-state index is 10.6. The Morgan fingerprint density at radius 3 is 2.60 bits per heavy atom. The van der Waals surface area contributed by atoms with E-state index in [4.69, 9.17) is 16.2 Å². The Balaban J connectivity index is 2.15. The minimum absolute atomic E-state index is 0.443. The normalized spacial score (nSPS) is 12.3. The van der Waals surface area contributed by atoms with Crippen LogP contribution in [0.4, 0.5) is 0 Å². The van der Waals surface area contributed by atoms with Crippen molar-refractivity contribution in [3.8, 4) is 0 Å². The first kappa shape index (κ1) is 11.7. The Kier molecular flexibility index (Phi) is 4.80. The molecule has 4 heteroatoms. The zero-order valence-electron chi connectivity index (χ0n) is 8.56. The third-order valence-electron chi connectivity index (χ3n) is 2.05. The van der Waals surface area contributed by atoms with E-state index >= 15 is 0 Å². The molecule has 0 radical (unpaired) electrons. The molecule has 0 spiro atoms. The lowest BCUT2D eigenvalue weighted by atomic mass is 10.2. The summed E-state index contributed by atoms with van der Waals surface area (Å²) in [5.41, 5.74) is 11.6. The number of primary amides is 1. The number of ether oxygens (including phenoxy) is 1. The third kappa shape index (κ3) is 4.58. The molecule has 0 bridgehead atoms. The summed E-state index contributed by atoms with van der Waals surface area (Å²) in [6.07, 6.45) is 0.460. The highest BCUT2D eigenvalue weighted by Gasteiger charge is 2.07. The molecule has 0 aliphatic rings. The molecule has 0 aliphatic heterocycles. The van der Waals surface area contributed by atoms with E-state index in [1.807, 2.05) is 30.3 Å². The van der Waals surface area contributed by atoms with E-state index in [-0.39, 0.29) is 0 Å². The van der Waals surface area contributed by atoms with E-state index in [9.17, 15) is 4.79 Å². The number of rotatable bonds is 6. The maximum Gasteiger partial charge on any atom is 0.234 e. The summed E-state index contributed by atoms with van der Waals surface area (Å²) in [4.78, 5) is 10.6. The van der Waals surface area contributed by atoms with Gasteiger partial charge in [0.2, 0.25) is 5.91 Å². The second-order valence-electron chi connectivity index (χ2n) is 3.34. The average Bonchev–Trinajstić information content (AvgIpc) is 2.25. The molecule has 0 fully saturated rings. The molecular weight excluding hydrogens is 192 g/mol. The Hall–Kier alpha value is -1.39. The van der Waals surface area contributed by atoms with Crippen LogP contribution in [0.15, 0.2) is 30.3 Å². The van der Waals surface area contributed by atoms with Crippen molar-refractivity contribution in [2.75, 3.05) is 6.61 Å². The molecule has 0 saturated heterocycles. The molecule has 0 aliphatic carbocycles. The summed E-state index contributed by atoms with van der Waals surface area (Å²) < 4.78 is 5.35. The van der Waals surface area contributed by atoms with Gasteiger partial charge in [-0.05, 0) is 12.0 Å². The van der Waals surface area contributed by atoms with Crippen LogP contribution < -0.4 is 11.5 Å². The predicted molar refractivity (Wildman–Crippen MR) is 57.9 cm³/mol. The van der Waals surface area contributed by atoms with Crippen molar-refractivity contribution in [3.05, 3.63) is 35.9 Å². The van der Waals surface area contributed by atoms with Crippen molar-refractivity contribution >= 4 is 5.91 Å². The molecule has 1 amide bonds. The van der Waals surface area contributed by atoms with Gasteiger partial charge in [0, 0.05) is 6.61 Å². The van der Waals surface area contributed by atoms with E-state index in [2.05, 4.69) is 0 Å². The summed E-state index contributed by atoms with van der Waals surface area (Å²) in [6.45, 7) is 0.978. The summed E-state index contributed by atoms with van der Waals surface area (Å²) in [6, 6.07) is 9.21. The van der Waals surface area contributed by atoms with Crippen molar-refractivity contribution in [2.24, 2.45) is 11.5 Å². The van der Waals surface area contributed by atoms with Gasteiger partial charge in [-0.25, -0.2) is 0 Å². The molecule has 1 aromatic carbocycles. The molecule has 0 aromatic heterocycles. The van der Waals surface area contributed by atoms with E-state index in [1.54, 1.807) is 0 Å². The lowest BCUT2D eigenvalue weighted by Crippen LogP contribution is -2.37. The van der Waals surface area contributed by atoms with Crippen LogP contribution in [0.3, 0.4) is 0 Å². The Bertz CT molecular complexity index is 301. The highest BCUT2D eigenvalue weighted by molar-refractivity contribution is 5.79. The van der Waals surface area contributed by atoms with Crippen molar-refractivity contribution in [1.82, 2.24) is 0 Å². The van der Waals surface area contributed by atoms with Gasteiger partial charge in [-0.3, -0.25) is 4.79 Å². The fourth-order valence-corrected chi connectivity index (χ4v) is 1.12. The molecule has 4 nitrogen and oxygen atoms in total. The highest BCUT2D eigenvalue weighted by Crippen LogP contribution is 2.01. The van der Waals surface area contributed by atoms with Gasteiger partial charge in [0.25, 0.3) is 0 Å². The number of benzene rings is 1. The smallest absolute Gasteiger partial charge is 0.234 e. The SMILES string of the molecule is NC(=O)C(N)CCOCc1ccccc1. The fourth-order valence-electron chi connectivity index (χ4n) is 1.12. The average molecular weight is 208 g/mol. The predicted octanol–water partition coefficient (Wildman–Crippen LogP) is 0.406. The first-order valence-corrected chi connectivity index (χ1v) is 4.86. The monoisotopic (exact) mass is 208 g/mol. The summed E-state index contributed by atoms with van der Waals surface area (Å²) in [7, 11) is 0. The zero-order chi connectivity index (χ0) is 11.1. The zero-order valence-corrected chi connectivity index (χ0v) is 8.56. The van der Waals surface area contributed by atoms with Crippen LogP contribution in [0.25, 0.3) is 0 Å². The van der Waals surface area contributed by atoms with Gasteiger partial charge in [-0.1, -0.05) is 30.3 Å². The number of amides is 1. The standard InChI is InChI=1S/C11H16N2O2/c12-10(11(13)14)6-7-15-8-9-4-2-1-3-5-9/h1-5,10H,6-8,12H2,(H2,13,14). The Morgan fingerprint density at radius 1 is 1.33 bits per heavy atom. The highest BCUT2D eigenvalue weighted by atomic mass is 16.5. The van der Waals surface area contributed by atoms with Gasteiger partial charge >= 0.3 is 0 Å². The first-order chi connectivity index (χ1) is 7.20. The molecule has 1 unspecified atom stereocenters. The van der Waals surface area contributed by atoms with Gasteiger partial charge in [0.1, 0.15) is 0 Å². The lowest BCUT2D eigenvalue weighted by Gasteiger charge is -2.07. The molecule has 1 aromatic rings. The van der Waals surface area contributed by atoms with Gasteiger partial charge in [-0.15, -0.1) is 0 Å². The third-order valence-corrected chi connectivity index (χ3v) is 2.05. The second-order valence-corrected chi connectivity index (χ2v) is 3.34. The van der Waals surface area contributed by atoms with Crippen LogP contribution in [-0.4, -0.2) is 18.6 Å². The van der Waals surface area contributed by atoms with Crippen molar-refractivity contribution < 1.29 is 9.53 Å². The second kappa shape index (κ2) is 6.16. The van der Waals surface area contributed by atoms with Crippen molar-refractivity contribution in [1.29, 1.82) is 0 Å². The van der Waals surface area contributed by atoms with Crippen LogP contribution in [-0.2, 0) is 16.1 Å². The molecular formula is C11H16N2O2. The number of hydrogen-bond acceptors (Lipinski definition) is 3. The summed E-state index contributed by atoms with van der Waals surface area (Å²) >= 11 is 0. The lowest BCUT2D eigenvalue weighted by molar-refractivity contribution is -0.119. The van der Waals surface area contributed by atoms with Crippen LogP contribution in [0.2, 0.25) is 0 Å². The summed E-state index contributed by atoms with van der Waals surface area (Å²) in [5, 5.41) is 0. The first-order valence-electron chi connectivity index (χ1n) is 4.86. The van der Waals surface area contributed by atoms with Gasteiger partial charge < -0.3 is 16.2 Å². The molecule has 4 N–H and O–H groups in total. The quantitative estimate of drug-likeness (QED) is 0.664.